The number of nitrogens with one attached hydrogen (secondary N) is 2. The van der Waals surface area contributed by atoms with Gasteiger partial charge in [-0.05, 0) is 57.4 Å². The molecule has 4 N–H and O–H groups in total. The van der Waals surface area contributed by atoms with E-state index in [2.05, 4.69) is 10.6 Å². The number of phenols is 2. The van der Waals surface area contributed by atoms with E-state index < -0.39 is 57.2 Å². The molecule has 174 valence electrons. The average Bonchev–Trinajstić information content (AvgIpc) is 2.64. The van der Waals surface area contributed by atoms with Crippen molar-refractivity contribution in [1.82, 2.24) is 10.6 Å². The molecule has 9 nitrogen and oxygen atoms in total. The van der Waals surface area contributed by atoms with E-state index in [1.807, 2.05) is 0 Å². The van der Waals surface area contributed by atoms with Crippen LogP contribution in [0.2, 0.25) is 0 Å². The Bertz CT molecular complexity index is 1170. The van der Waals surface area contributed by atoms with Crippen LogP contribution in [0.25, 0.3) is 0 Å². The molecule has 2 aliphatic rings. The number of hydrogen-bond donors (Lipinski definition) is 4. The number of urea groups is 1. The van der Waals surface area contributed by atoms with Crippen molar-refractivity contribution < 1.29 is 34.2 Å². The minimum atomic E-state index is -2.31. The zero-order valence-corrected chi connectivity index (χ0v) is 19.2. The van der Waals surface area contributed by atoms with E-state index in [0.29, 0.717) is 5.56 Å². The number of benzene rings is 1. The lowest BCUT2D eigenvalue weighted by Gasteiger charge is -2.42. The fourth-order valence-electron chi connectivity index (χ4n) is 4.16. The van der Waals surface area contributed by atoms with Crippen LogP contribution in [0.5, 0.6) is 11.5 Å². The number of hydrogen-bond acceptors (Lipinski definition) is 7. The van der Waals surface area contributed by atoms with Gasteiger partial charge in [0.15, 0.2) is 16.9 Å². The molecule has 1 aliphatic carbocycles. The zero-order valence-electron chi connectivity index (χ0n) is 19.2. The molecule has 9 heteroatoms. The number of amides is 4. The van der Waals surface area contributed by atoms with Gasteiger partial charge in [0, 0.05) is 0 Å². The molecular formula is C24H26N2O7. The van der Waals surface area contributed by atoms with Gasteiger partial charge in [0.2, 0.25) is 11.6 Å². The Morgan fingerprint density at radius 3 is 1.70 bits per heavy atom. The molecule has 4 amide bonds. The van der Waals surface area contributed by atoms with Crippen LogP contribution in [-0.2, 0) is 30.0 Å². The van der Waals surface area contributed by atoms with Gasteiger partial charge in [-0.1, -0.05) is 41.5 Å². The summed E-state index contributed by atoms with van der Waals surface area (Å²) in [7, 11) is 0. The Morgan fingerprint density at radius 2 is 1.21 bits per heavy atom. The minimum Gasteiger partial charge on any atom is -0.504 e. The molecule has 33 heavy (non-hydrogen) atoms. The summed E-state index contributed by atoms with van der Waals surface area (Å²) in [6, 6.07) is 1.27. The van der Waals surface area contributed by atoms with E-state index >= 15 is 0 Å². The predicted octanol–water partition coefficient (Wildman–Crippen LogP) is 2.05. The van der Waals surface area contributed by atoms with Gasteiger partial charge in [0.05, 0.1) is 0 Å². The highest BCUT2D eigenvalue weighted by Crippen LogP contribution is 2.49. The highest BCUT2D eigenvalue weighted by Gasteiger charge is 2.58. The Hall–Kier alpha value is -3.75. The van der Waals surface area contributed by atoms with Crippen LogP contribution < -0.4 is 10.6 Å². The minimum absolute atomic E-state index is 0.0312. The molecule has 1 aromatic rings. The second-order valence-corrected chi connectivity index (χ2v) is 10.2. The number of imide groups is 2. The van der Waals surface area contributed by atoms with Gasteiger partial charge in [-0.2, -0.15) is 0 Å². The second kappa shape index (κ2) is 7.40. The molecule has 0 spiro atoms. The maximum absolute atomic E-state index is 13.6. The van der Waals surface area contributed by atoms with Crippen molar-refractivity contribution in [2.75, 3.05) is 0 Å². The third-order valence-corrected chi connectivity index (χ3v) is 5.76. The van der Waals surface area contributed by atoms with Gasteiger partial charge in [0.25, 0.3) is 11.8 Å². The van der Waals surface area contributed by atoms with Crippen molar-refractivity contribution in [3.05, 3.63) is 46.6 Å². The monoisotopic (exact) mass is 454 g/mol. The van der Waals surface area contributed by atoms with Gasteiger partial charge in [0.1, 0.15) is 0 Å². The van der Waals surface area contributed by atoms with Gasteiger partial charge in [-0.15, -0.1) is 0 Å². The summed E-state index contributed by atoms with van der Waals surface area (Å²) in [4.78, 5) is 63.9. The first kappa shape index (κ1) is 23.9. The van der Waals surface area contributed by atoms with Crippen LogP contribution in [0.1, 0.15) is 52.7 Å². The number of barbiturate groups is 1. The lowest BCUT2D eigenvalue weighted by molar-refractivity contribution is -0.136. The van der Waals surface area contributed by atoms with Crippen molar-refractivity contribution in [2.24, 2.45) is 5.41 Å². The molecule has 0 radical (unpaired) electrons. The van der Waals surface area contributed by atoms with Crippen molar-refractivity contribution in [3.63, 3.8) is 0 Å². The molecule has 1 aromatic carbocycles. The number of allylic oxidation sites excluding steroid dienone is 3. The first-order valence-electron chi connectivity index (χ1n) is 10.3. The normalized spacial score (nSPS) is 19.0. The molecule has 0 aromatic heterocycles. The fourth-order valence-corrected chi connectivity index (χ4v) is 4.16. The summed E-state index contributed by atoms with van der Waals surface area (Å²) < 4.78 is 0. The van der Waals surface area contributed by atoms with E-state index in [1.54, 1.807) is 41.5 Å². The van der Waals surface area contributed by atoms with E-state index in [4.69, 9.17) is 0 Å². The van der Waals surface area contributed by atoms with Crippen LogP contribution in [0, 0.1) is 5.41 Å². The average molecular weight is 454 g/mol. The standard InChI is InChI=1S/C24H26N2O7/c1-22(2,3)11-7-15(27)17(29)9-13(11)24(19(31)25-21(33)26-20(24)32)14-10-18(30)16(28)8-12(14)23(4,5)6/h7-10,27,29H,1-6H3,(H2,25,26,31,32,33). The van der Waals surface area contributed by atoms with Gasteiger partial charge < -0.3 is 10.2 Å². The van der Waals surface area contributed by atoms with E-state index in [0.717, 1.165) is 18.2 Å². The maximum atomic E-state index is 13.6. The van der Waals surface area contributed by atoms with Crippen LogP contribution >= 0.6 is 0 Å². The van der Waals surface area contributed by atoms with Crippen molar-refractivity contribution in [1.29, 1.82) is 0 Å². The molecule has 0 saturated carbocycles. The predicted molar refractivity (Wildman–Crippen MR) is 117 cm³/mol. The molecule has 1 fully saturated rings. The summed E-state index contributed by atoms with van der Waals surface area (Å²) in [6.45, 7) is 10.5. The summed E-state index contributed by atoms with van der Waals surface area (Å²) in [6.07, 6.45) is 2.03. The fraction of sp³-hybridized carbons (Fsp3) is 0.375. The molecule has 0 atom stereocenters. The van der Waals surface area contributed by atoms with Crippen LogP contribution in [0.3, 0.4) is 0 Å². The molecule has 0 bridgehead atoms. The first-order valence-corrected chi connectivity index (χ1v) is 10.3. The van der Waals surface area contributed by atoms with Crippen molar-refractivity contribution in [3.8, 4) is 11.5 Å². The highest BCUT2D eigenvalue weighted by molar-refractivity contribution is 6.47. The van der Waals surface area contributed by atoms with E-state index in [-0.39, 0.29) is 16.7 Å². The number of phenolic OH excluding ortho intramolecular Hbond substituents is 2. The van der Waals surface area contributed by atoms with E-state index in [9.17, 15) is 34.2 Å². The van der Waals surface area contributed by atoms with Crippen molar-refractivity contribution >= 4 is 29.4 Å². The summed E-state index contributed by atoms with van der Waals surface area (Å²) >= 11 is 0. The molecule has 1 aliphatic heterocycles. The van der Waals surface area contributed by atoms with Gasteiger partial charge >= 0.3 is 6.03 Å². The topological polar surface area (TPSA) is 150 Å². The molecule has 1 heterocycles. The van der Waals surface area contributed by atoms with E-state index in [1.165, 1.54) is 6.07 Å². The number of carbonyl (C=O) groups is 5. The van der Waals surface area contributed by atoms with Crippen LogP contribution in [0.4, 0.5) is 4.79 Å². The first-order chi connectivity index (χ1) is 15.0. The Morgan fingerprint density at radius 1 is 0.727 bits per heavy atom. The third-order valence-electron chi connectivity index (χ3n) is 5.76. The molecule has 0 unspecified atom stereocenters. The molecular weight excluding hydrogens is 428 g/mol. The quantitative estimate of drug-likeness (QED) is 0.231. The lowest BCUT2D eigenvalue weighted by atomic mass is 9.61. The van der Waals surface area contributed by atoms with Crippen LogP contribution in [-0.4, -0.2) is 39.6 Å². The highest BCUT2D eigenvalue weighted by atomic mass is 16.3. The largest absolute Gasteiger partial charge is 0.504 e. The van der Waals surface area contributed by atoms with Crippen molar-refractivity contribution in [2.45, 2.75) is 52.4 Å². The molecule has 1 saturated heterocycles. The van der Waals surface area contributed by atoms with Gasteiger partial charge in [-0.25, -0.2) is 4.79 Å². The number of rotatable bonds is 2. The maximum Gasteiger partial charge on any atom is 0.328 e. The Balaban J connectivity index is 2.54. The lowest BCUT2D eigenvalue weighted by Crippen LogP contribution is -2.66. The Labute approximate surface area is 190 Å². The third kappa shape index (κ3) is 3.73. The summed E-state index contributed by atoms with van der Waals surface area (Å²) in [5.74, 6) is -4.91. The van der Waals surface area contributed by atoms with Crippen LogP contribution in [0.15, 0.2) is 35.4 Å². The number of ketones is 2. The Kier molecular flexibility index (Phi) is 5.36. The SMILES string of the molecule is CC(C)(C)C1=CC(=O)C(=O)C=C1C1(c2cc(O)c(O)cc2C(C)(C)C)C(=O)NC(=O)NC1=O. The molecule has 3 rings (SSSR count). The zero-order chi connectivity index (χ0) is 25.1. The summed E-state index contributed by atoms with van der Waals surface area (Å²) in [5, 5.41) is 24.7. The number of aromatic hydroxyl groups is 2. The second-order valence-electron chi connectivity index (χ2n) is 10.2. The number of carbonyl (C=O) groups excluding carboxylic acids is 5. The summed E-state index contributed by atoms with van der Waals surface area (Å²) in [5.41, 5.74) is -3.41. The van der Waals surface area contributed by atoms with Gasteiger partial charge in [-0.3, -0.25) is 29.8 Å². The smallest absolute Gasteiger partial charge is 0.328 e.